The SMILES string of the molecule is COC1CCCC(n2cc(CNC(=O)CN)nn2)C1. The predicted octanol–water partition coefficient (Wildman–Crippen LogP) is -0.0169. The molecule has 1 aliphatic rings. The van der Waals surface area contributed by atoms with Crippen LogP contribution in [0.15, 0.2) is 6.20 Å². The average molecular weight is 267 g/mol. The van der Waals surface area contributed by atoms with Crippen LogP contribution in [0, 0.1) is 0 Å². The van der Waals surface area contributed by atoms with Gasteiger partial charge >= 0.3 is 0 Å². The van der Waals surface area contributed by atoms with Crippen molar-refractivity contribution in [3.05, 3.63) is 11.9 Å². The van der Waals surface area contributed by atoms with Gasteiger partial charge in [0.05, 0.1) is 31.4 Å². The Morgan fingerprint density at radius 1 is 1.63 bits per heavy atom. The van der Waals surface area contributed by atoms with E-state index >= 15 is 0 Å². The molecule has 1 aromatic heterocycles. The highest BCUT2D eigenvalue weighted by Gasteiger charge is 2.23. The Hall–Kier alpha value is -1.47. The van der Waals surface area contributed by atoms with Crippen molar-refractivity contribution in [2.24, 2.45) is 5.73 Å². The molecule has 2 unspecified atom stereocenters. The van der Waals surface area contributed by atoms with Crippen molar-refractivity contribution in [1.29, 1.82) is 0 Å². The maximum atomic E-state index is 11.1. The third kappa shape index (κ3) is 3.74. The lowest BCUT2D eigenvalue weighted by Crippen LogP contribution is -2.29. The second-order valence-corrected chi connectivity index (χ2v) is 4.85. The van der Waals surface area contributed by atoms with E-state index in [1.807, 2.05) is 10.9 Å². The Balaban J connectivity index is 1.91. The van der Waals surface area contributed by atoms with Crippen LogP contribution in [-0.2, 0) is 16.1 Å². The number of amides is 1. The van der Waals surface area contributed by atoms with E-state index in [1.54, 1.807) is 7.11 Å². The van der Waals surface area contributed by atoms with Gasteiger partial charge in [-0.1, -0.05) is 5.21 Å². The maximum Gasteiger partial charge on any atom is 0.234 e. The zero-order valence-electron chi connectivity index (χ0n) is 11.2. The summed E-state index contributed by atoms with van der Waals surface area (Å²) in [5.74, 6) is -0.188. The number of nitrogens with zero attached hydrogens (tertiary/aromatic N) is 3. The molecule has 1 heterocycles. The van der Waals surface area contributed by atoms with Gasteiger partial charge in [-0.15, -0.1) is 5.10 Å². The molecule has 0 aliphatic heterocycles. The summed E-state index contributed by atoms with van der Waals surface area (Å²) in [7, 11) is 1.75. The molecule has 3 N–H and O–H groups in total. The third-order valence-electron chi connectivity index (χ3n) is 3.52. The van der Waals surface area contributed by atoms with Crippen molar-refractivity contribution < 1.29 is 9.53 Å². The quantitative estimate of drug-likeness (QED) is 0.782. The number of ether oxygens (including phenoxy) is 1. The van der Waals surface area contributed by atoms with Gasteiger partial charge < -0.3 is 15.8 Å². The van der Waals surface area contributed by atoms with E-state index in [4.69, 9.17) is 10.5 Å². The molecule has 1 aromatic rings. The summed E-state index contributed by atoms with van der Waals surface area (Å²) in [5, 5.41) is 10.9. The van der Waals surface area contributed by atoms with E-state index in [-0.39, 0.29) is 12.5 Å². The standard InChI is InChI=1S/C12H21N5O2/c1-19-11-4-2-3-10(5-11)17-8-9(15-16-17)7-14-12(18)6-13/h8,10-11H,2-7,13H2,1H3,(H,14,18). The molecule has 7 heteroatoms. The normalized spacial score (nSPS) is 23.3. The van der Waals surface area contributed by atoms with E-state index in [2.05, 4.69) is 15.6 Å². The van der Waals surface area contributed by atoms with Crippen molar-refractivity contribution >= 4 is 5.91 Å². The molecular weight excluding hydrogens is 246 g/mol. The van der Waals surface area contributed by atoms with Gasteiger partial charge in [-0.25, -0.2) is 4.68 Å². The Bertz CT molecular complexity index is 420. The zero-order valence-corrected chi connectivity index (χ0v) is 11.2. The summed E-state index contributed by atoms with van der Waals surface area (Å²) in [6.07, 6.45) is 6.51. The largest absolute Gasteiger partial charge is 0.381 e. The molecule has 2 rings (SSSR count). The van der Waals surface area contributed by atoms with Crippen LogP contribution in [0.4, 0.5) is 0 Å². The van der Waals surface area contributed by atoms with Crippen LogP contribution >= 0.6 is 0 Å². The summed E-state index contributed by atoms with van der Waals surface area (Å²) in [5.41, 5.74) is 5.97. The molecule has 0 aromatic carbocycles. The van der Waals surface area contributed by atoms with Crippen LogP contribution in [0.2, 0.25) is 0 Å². The summed E-state index contributed by atoms with van der Waals surface area (Å²) in [4.78, 5) is 11.1. The lowest BCUT2D eigenvalue weighted by atomic mass is 9.93. The number of nitrogens with one attached hydrogen (secondary N) is 1. The molecule has 0 spiro atoms. The minimum atomic E-state index is -0.188. The number of nitrogens with two attached hydrogens (primary N) is 1. The Labute approximate surface area is 112 Å². The van der Waals surface area contributed by atoms with E-state index in [9.17, 15) is 4.79 Å². The second-order valence-electron chi connectivity index (χ2n) is 4.85. The van der Waals surface area contributed by atoms with Gasteiger partial charge in [-0.3, -0.25) is 4.79 Å². The van der Waals surface area contributed by atoms with Gasteiger partial charge in [-0.2, -0.15) is 0 Å². The van der Waals surface area contributed by atoms with Crippen molar-refractivity contribution in [2.75, 3.05) is 13.7 Å². The van der Waals surface area contributed by atoms with Crippen molar-refractivity contribution in [2.45, 2.75) is 44.4 Å². The molecule has 7 nitrogen and oxygen atoms in total. The van der Waals surface area contributed by atoms with Crippen LogP contribution in [0.3, 0.4) is 0 Å². The minimum Gasteiger partial charge on any atom is -0.381 e. The lowest BCUT2D eigenvalue weighted by Gasteiger charge is -2.27. The zero-order chi connectivity index (χ0) is 13.7. The minimum absolute atomic E-state index is 0.00766. The fraction of sp³-hybridized carbons (Fsp3) is 0.750. The van der Waals surface area contributed by atoms with Crippen LogP contribution in [0.1, 0.15) is 37.4 Å². The summed E-state index contributed by atoms with van der Waals surface area (Å²) < 4.78 is 7.29. The monoisotopic (exact) mass is 267 g/mol. The Morgan fingerprint density at radius 3 is 3.21 bits per heavy atom. The van der Waals surface area contributed by atoms with Gasteiger partial charge in [0.2, 0.25) is 5.91 Å². The molecule has 1 fully saturated rings. The number of hydrogen-bond donors (Lipinski definition) is 2. The van der Waals surface area contributed by atoms with Crippen LogP contribution in [0.25, 0.3) is 0 Å². The van der Waals surface area contributed by atoms with Gasteiger partial charge in [0.15, 0.2) is 0 Å². The highest BCUT2D eigenvalue weighted by Crippen LogP contribution is 2.29. The number of carbonyl (C=O) groups excluding carboxylic acids is 1. The molecule has 0 radical (unpaired) electrons. The number of hydrogen-bond acceptors (Lipinski definition) is 5. The van der Waals surface area contributed by atoms with E-state index < -0.39 is 0 Å². The summed E-state index contributed by atoms with van der Waals surface area (Å²) >= 11 is 0. The molecule has 106 valence electrons. The fourth-order valence-corrected chi connectivity index (χ4v) is 2.41. The lowest BCUT2D eigenvalue weighted by molar-refractivity contribution is -0.119. The third-order valence-corrected chi connectivity index (χ3v) is 3.52. The Morgan fingerprint density at radius 2 is 2.47 bits per heavy atom. The average Bonchev–Trinajstić information content (AvgIpc) is 2.93. The Kier molecular flexibility index (Phi) is 4.86. The highest BCUT2D eigenvalue weighted by atomic mass is 16.5. The van der Waals surface area contributed by atoms with Gasteiger partial charge in [-0.05, 0) is 25.7 Å². The number of carbonyl (C=O) groups is 1. The van der Waals surface area contributed by atoms with Crippen LogP contribution in [-0.4, -0.2) is 40.7 Å². The first kappa shape index (κ1) is 14.0. The molecule has 1 amide bonds. The first-order valence-corrected chi connectivity index (χ1v) is 6.63. The fourth-order valence-electron chi connectivity index (χ4n) is 2.41. The molecule has 19 heavy (non-hydrogen) atoms. The predicted molar refractivity (Wildman–Crippen MR) is 69.2 cm³/mol. The number of aromatic nitrogens is 3. The topological polar surface area (TPSA) is 95.1 Å². The number of rotatable bonds is 5. The molecule has 2 atom stereocenters. The van der Waals surface area contributed by atoms with Gasteiger partial charge in [0, 0.05) is 7.11 Å². The molecule has 0 saturated heterocycles. The molecule has 0 bridgehead atoms. The van der Waals surface area contributed by atoms with Crippen molar-refractivity contribution in [3.8, 4) is 0 Å². The van der Waals surface area contributed by atoms with Gasteiger partial charge in [0.1, 0.15) is 5.69 Å². The first-order valence-electron chi connectivity index (χ1n) is 6.63. The van der Waals surface area contributed by atoms with Crippen LogP contribution in [0.5, 0.6) is 0 Å². The smallest absolute Gasteiger partial charge is 0.234 e. The van der Waals surface area contributed by atoms with E-state index in [1.165, 1.54) is 0 Å². The second kappa shape index (κ2) is 6.63. The maximum absolute atomic E-state index is 11.1. The first-order chi connectivity index (χ1) is 9.22. The molecule has 1 aliphatic carbocycles. The van der Waals surface area contributed by atoms with Crippen molar-refractivity contribution in [3.63, 3.8) is 0 Å². The summed E-state index contributed by atoms with van der Waals surface area (Å²) in [6.45, 7) is 0.364. The van der Waals surface area contributed by atoms with Gasteiger partial charge in [0.25, 0.3) is 0 Å². The van der Waals surface area contributed by atoms with Crippen molar-refractivity contribution in [1.82, 2.24) is 20.3 Å². The summed E-state index contributed by atoms with van der Waals surface area (Å²) in [6, 6.07) is 0.338. The molecular formula is C12H21N5O2. The number of methoxy groups -OCH3 is 1. The van der Waals surface area contributed by atoms with E-state index in [0.717, 1.165) is 31.4 Å². The van der Waals surface area contributed by atoms with E-state index in [0.29, 0.717) is 18.7 Å². The highest BCUT2D eigenvalue weighted by molar-refractivity contribution is 5.77. The van der Waals surface area contributed by atoms with Crippen LogP contribution < -0.4 is 11.1 Å². The molecule has 1 saturated carbocycles.